The van der Waals surface area contributed by atoms with Gasteiger partial charge in [0.15, 0.2) is 0 Å². The van der Waals surface area contributed by atoms with E-state index in [1.54, 1.807) is 36.3 Å². The maximum Gasteiger partial charge on any atom is 0.326 e. The van der Waals surface area contributed by atoms with Crippen molar-refractivity contribution in [2.24, 2.45) is 0 Å². The molecule has 0 aliphatic rings. The first-order chi connectivity index (χ1) is 15.0. The van der Waals surface area contributed by atoms with Crippen LogP contribution in [-0.2, 0) is 0 Å². The van der Waals surface area contributed by atoms with Crippen molar-refractivity contribution in [1.82, 2.24) is 4.98 Å². The van der Waals surface area contributed by atoms with E-state index in [1.165, 1.54) is 0 Å². The quantitative estimate of drug-likeness (QED) is 0.372. The van der Waals surface area contributed by atoms with E-state index >= 15 is 0 Å². The van der Waals surface area contributed by atoms with Crippen molar-refractivity contribution < 1.29 is 4.79 Å². The largest absolute Gasteiger partial charge is 0.326 e. The lowest BCUT2D eigenvalue weighted by molar-refractivity contribution is 0.258. The lowest BCUT2D eigenvalue weighted by atomic mass is 9.97. The average Bonchev–Trinajstić information content (AvgIpc) is 2.79. The van der Waals surface area contributed by atoms with Crippen LogP contribution in [0.4, 0.5) is 16.2 Å². The molecule has 0 saturated heterocycles. The molecule has 2 aromatic carbocycles. The predicted molar refractivity (Wildman–Crippen MR) is 131 cm³/mol. The molecule has 0 saturated carbocycles. The van der Waals surface area contributed by atoms with Gasteiger partial charge in [-0.2, -0.15) is 0 Å². The van der Waals surface area contributed by atoms with Gasteiger partial charge >= 0.3 is 6.03 Å². The van der Waals surface area contributed by atoms with Gasteiger partial charge in [-0.15, -0.1) is 0 Å². The highest BCUT2D eigenvalue weighted by Crippen LogP contribution is 2.28. The third-order valence-corrected chi connectivity index (χ3v) is 5.47. The molecule has 0 fully saturated rings. The molecule has 6 heteroatoms. The summed E-state index contributed by atoms with van der Waals surface area (Å²) in [5.41, 5.74) is 4.59. The molecule has 1 N–H and O–H groups in total. The fraction of sp³-hybridized carbons (Fsp3) is 0.200. The van der Waals surface area contributed by atoms with E-state index in [1.807, 2.05) is 36.5 Å². The van der Waals surface area contributed by atoms with E-state index in [0.717, 1.165) is 41.6 Å². The van der Waals surface area contributed by atoms with Crippen LogP contribution < -0.4 is 10.2 Å². The Morgan fingerprint density at radius 3 is 2.52 bits per heavy atom. The molecule has 0 aliphatic carbocycles. The van der Waals surface area contributed by atoms with Crippen LogP contribution in [0.1, 0.15) is 37.3 Å². The van der Waals surface area contributed by atoms with Crippen LogP contribution in [0, 0.1) is 0 Å². The number of hydrogen-bond acceptors (Lipinski definition) is 2. The van der Waals surface area contributed by atoms with Crippen LogP contribution >= 0.6 is 23.2 Å². The van der Waals surface area contributed by atoms with Gasteiger partial charge in [-0.1, -0.05) is 67.2 Å². The number of benzene rings is 2. The molecule has 160 valence electrons. The molecule has 3 rings (SSSR count). The van der Waals surface area contributed by atoms with Crippen molar-refractivity contribution >= 4 is 46.2 Å². The van der Waals surface area contributed by atoms with Gasteiger partial charge in [0.2, 0.25) is 0 Å². The van der Waals surface area contributed by atoms with Crippen molar-refractivity contribution in [2.45, 2.75) is 26.2 Å². The number of anilines is 2. The molecule has 2 amide bonds. The summed E-state index contributed by atoms with van der Waals surface area (Å²) < 4.78 is 0. The van der Waals surface area contributed by atoms with Gasteiger partial charge < -0.3 is 5.32 Å². The minimum atomic E-state index is -0.289. The maximum absolute atomic E-state index is 12.7. The molecular weight excluding hydrogens is 429 g/mol. The predicted octanol–water partition coefficient (Wildman–Crippen LogP) is 7.68. The number of carbonyl (C=O) groups is 1. The average molecular weight is 454 g/mol. The summed E-state index contributed by atoms with van der Waals surface area (Å²) in [6, 6.07) is 16.6. The standard InChI is InChI=1S/C25H25Cl2N3O/c1-3-4-5-8-22(19-7-6-15-28-17-19)18-9-12-21(13-10-18)30(2)25(31)29-24-14-11-20(26)16-23(24)27/h6-17H,3-5H2,1-2H3,(H,29,31). The lowest BCUT2D eigenvalue weighted by Gasteiger charge is -2.19. The molecule has 0 unspecified atom stereocenters. The van der Waals surface area contributed by atoms with E-state index in [4.69, 9.17) is 23.2 Å². The summed E-state index contributed by atoms with van der Waals surface area (Å²) in [6.07, 6.45) is 9.20. The zero-order valence-electron chi connectivity index (χ0n) is 17.6. The Bertz CT molecular complexity index is 1050. The SMILES string of the molecule is CCCCC=C(c1ccc(N(C)C(=O)Nc2ccc(Cl)cc2Cl)cc1)c1cccnc1. The molecule has 1 aromatic heterocycles. The first-order valence-corrected chi connectivity index (χ1v) is 11.0. The monoisotopic (exact) mass is 453 g/mol. The van der Waals surface area contributed by atoms with Crippen molar-refractivity contribution in [2.75, 3.05) is 17.3 Å². The normalized spacial score (nSPS) is 11.3. The van der Waals surface area contributed by atoms with Gasteiger partial charge in [-0.3, -0.25) is 9.88 Å². The Balaban J connectivity index is 1.78. The van der Waals surface area contributed by atoms with E-state index in [9.17, 15) is 4.79 Å². The maximum atomic E-state index is 12.7. The zero-order valence-corrected chi connectivity index (χ0v) is 19.1. The number of hydrogen-bond donors (Lipinski definition) is 1. The third kappa shape index (κ3) is 6.09. The molecular formula is C25H25Cl2N3O. The first kappa shape index (κ1) is 22.9. The number of rotatable bonds is 7. The Kier molecular flexibility index (Phi) is 8.10. The number of aromatic nitrogens is 1. The number of pyridine rings is 1. The molecule has 0 bridgehead atoms. The topological polar surface area (TPSA) is 45.2 Å². The number of nitrogens with one attached hydrogen (secondary N) is 1. The van der Waals surface area contributed by atoms with Crippen molar-refractivity contribution in [3.8, 4) is 0 Å². The second-order valence-corrected chi connectivity index (χ2v) is 8.01. The van der Waals surface area contributed by atoms with Crippen LogP contribution in [0.3, 0.4) is 0 Å². The molecule has 31 heavy (non-hydrogen) atoms. The highest BCUT2D eigenvalue weighted by molar-refractivity contribution is 6.36. The molecule has 0 spiro atoms. The number of unbranched alkanes of at least 4 members (excludes halogenated alkanes) is 2. The summed E-state index contributed by atoms with van der Waals surface area (Å²) in [5.74, 6) is 0. The fourth-order valence-electron chi connectivity index (χ4n) is 3.15. The van der Waals surface area contributed by atoms with Crippen LogP contribution in [0.2, 0.25) is 10.0 Å². The van der Waals surface area contributed by atoms with E-state index in [2.05, 4.69) is 29.4 Å². The van der Waals surface area contributed by atoms with Crippen LogP contribution in [0.25, 0.3) is 5.57 Å². The summed E-state index contributed by atoms with van der Waals surface area (Å²) in [5, 5.41) is 3.72. The first-order valence-electron chi connectivity index (χ1n) is 10.2. The van der Waals surface area contributed by atoms with E-state index in [-0.39, 0.29) is 6.03 Å². The number of carbonyl (C=O) groups excluding carboxylic acids is 1. The van der Waals surface area contributed by atoms with Crippen LogP contribution in [-0.4, -0.2) is 18.1 Å². The van der Waals surface area contributed by atoms with Crippen LogP contribution in [0.15, 0.2) is 73.1 Å². The summed E-state index contributed by atoms with van der Waals surface area (Å²) in [6.45, 7) is 2.19. The van der Waals surface area contributed by atoms with Crippen molar-refractivity contribution in [3.05, 3.63) is 94.2 Å². The van der Waals surface area contributed by atoms with Gasteiger partial charge in [0.1, 0.15) is 0 Å². The molecule has 0 radical (unpaired) electrons. The fourth-order valence-corrected chi connectivity index (χ4v) is 3.60. The van der Waals surface area contributed by atoms with Gasteiger partial charge in [0.25, 0.3) is 0 Å². The van der Waals surface area contributed by atoms with Gasteiger partial charge in [0, 0.05) is 35.7 Å². The van der Waals surface area contributed by atoms with Crippen molar-refractivity contribution in [3.63, 3.8) is 0 Å². The summed E-state index contributed by atoms with van der Waals surface area (Å²) >= 11 is 12.1. The molecule has 0 atom stereocenters. The smallest absolute Gasteiger partial charge is 0.306 e. The summed E-state index contributed by atoms with van der Waals surface area (Å²) in [7, 11) is 1.72. The minimum Gasteiger partial charge on any atom is -0.306 e. The van der Waals surface area contributed by atoms with E-state index in [0.29, 0.717) is 15.7 Å². The number of allylic oxidation sites excluding steroid dienone is 1. The van der Waals surface area contributed by atoms with Gasteiger partial charge in [-0.05, 0) is 54.0 Å². The Morgan fingerprint density at radius 2 is 1.87 bits per heavy atom. The number of urea groups is 1. The highest BCUT2D eigenvalue weighted by Gasteiger charge is 2.14. The second-order valence-electron chi connectivity index (χ2n) is 7.16. The van der Waals surface area contributed by atoms with Gasteiger partial charge in [-0.25, -0.2) is 4.79 Å². The molecule has 3 aromatic rings. The Hall–Kier alpha value is -2.82. The highest BCUT2D eigenvalue weighted by atomic mass is 35.5. The molecule has 0 aliphatic heterocycles. The number of nitrogens with zero attached hydrogens (tertiary/aromatic N) is 2. The lowest BCUT2D eigenvalue weighted by Crippen LogP contribution is -2.31. The van der Waals surface area contributed by atoms with E-state index < -0.39 is 0 Å². The molecule has 4 nitrogen and oxygen atoms in total. The van der Waals surface area contributed by atoms with Crippen molar-refractivity contribution in [1.29, 1.82) is 0 Å². The summed E-state index contributed by atoms with van der Waals surface area (Å²) in [4.78, 5) is 18.5. The van der Waals surface area contributed by atoms with Crippen LogP contribution in [0.5, 0.6) is 0 Å². The number of halogens is 2. The molecule has 1 heterocycles. The zero-order chi connectivity index (χ0) is 22.2. The number of amides is 2. The Labute approximate surface area is 193 Å². The minimum absolute atomic E-state index is 0.289. The van der Waals surface area contributed by atoms with Gasteiger partial charge in [0.05, 0.1) is 10.7 Å². The Morgan fingerprint density at radius 1 is 1.10 bits per heavy atom. The second kappa shape index (κ2) is 11.0. The third-order valence-electron chi connectivity index (χ3n) is 4.92.